The number of aromatic nitrogens is 6. The van der Waals surface area contributed by atoms with E-state index in [4.69, 9.17) is 0 Å². The molecule has 0 aliphatic heterocycles. The van der Waals surface area contributed by atoms with Crippen LogP contribution in [0.25, 0.3) is 22.1 Å². The van der Waals surface area contributed by atoms with Crippen molar-refractivity contribution in [2.75, 3.05) is 19.6 Å². The monoisotopic (exact) mass is 612 g/mol. The summed E-state index contributed by atoms with van der Waals surface area (Å²) < 4.78 is 5.15. The van der Waals surface area contributed by atoms with E-state index in [0.29, 0.717) is 39.2 Å². The summed E-state index contributed by atoms with van der Waals surface area (Å²) in [5.74, 6) is 6.13. The Morgan fingerprint density at radius 3 is 2.63 bits per heavy atom. The first kappa shape index (κ1) is 30.5. The van der Waals surface area contributed by atoms with Gasteiger partial charge in [0, 0.05) is 42.1 Å². The lowest BCUT2D eigenvalue weighted by Crippen LogP contribution is -2.32. The summed E-state index contributed by atoms with van der Waals surface area (Å²) in [5.41, 5.74) is 3.96. The average Bonchev–Trinajstić information content (AvgIpc) is 3.67. The maximum atomic E-state index is 14.4. The van der Waals surface area contributed by atoms with Crippen LogP contribution in [0.4, 0.5) is 0 Å². The zero-order chi connectivity index (χ0) is 32.2. The number of para-hydroxylation sites is 1. The molecular formula is C36H36N8O2. The zero-order valence-corrected chi connectivity index (χ0v) is 26.4. The third-order valence-corrected chi connectivity index (χ3v) is 8.19. The van der Waals surface area contributed by atoms with Crippen molar-refractivity contribution in [3.8, 4) is 17.5 Å². The molecule has 4 heterocycles. The molecule has 1 amide bonds. The third-order valence-electron chi connectivity index (χ3n) is 8.19. The Kier molecular flexibility index (Phi) is 8.76. The van der Waals surface area contributed by atoms with Crippen LogP contribution < -0.4 is 10.9 Å². The number of likely N-dealkylation sites (N-methyl/N-ethyl adjacent to an activating group) is 1. The molecule has 0 fully saturated rings. The van der Waals surface area contributed by atoms with E-state index in [-0.39, 0.29) is 11.5 Å². The number of pyridine rings is 1. The summed E-state index contributed by atoms with van der Waals surface area (Å²) in [6.45, 7) is 11.7. The smallest absolute Gasteiger partial charge is 0.264 e. The molecule has 0 aliphatic rings. The average molecular weight is 613 g/mol. The number of aryl methyl sites for hydroxylation is 1. The van der Waals surface area contributed by atoms with Gasteiger partial charge >= 0.3 is 0 Å². The van der Waals surface area contributed by atoms with Gasteiger partial charge in [0.15, 0.2) is 5.65 Å². The second kappa shape index (κ2) is 13.2. The van der Waals surface area contributed by atoms with E-state index >= 15 is 0 Å². The molecule has 232 valence electrons. The third kappa shape index (κ3) is 6.05. The summed E-state index contributed by atoms with van der Waals surface area (Å²) in [5, 5.41) is 13.2. The molecule has 0 saturated heterocycles. The van der Waals surface area contributed by atoms with Gasteiger partial charge in [-0.3, -0.25) is 18.8 Å². The lowest BCUT2D eigenvalue weighted by atomic mass is 10.0. The standard InChI is InChI=1S/C36H36N8O2/c1-5-41(6-2)20-21-42-24-27(23-38-42)16-17-28-12-10-13-29-22-31(44(36(46)33(28)29)30-14-8-7-9-15-30)25(3)39-35(45)32-26(4)40-43-19-11-18-37-34(32)43/h7-15,18-19,22-25H,5-6,20-21H2,1-4H3,(H,39,45)/t25-/m1/s1. The van der Waals surface area contributed by atoms with Crippen molar-refractivity contribution < 1.29 is 4.79 Å². The lowest BCUT2D eigenvalue weighted by Gasteiger charge is -2.21. The first-order valence-electron chi connectivity index (χ1n) is 15.5. The molecule has 2 aromatic carbocycles. The molecule has 10 nitrogen and oxygen atoms in total. The van der Waals surface area contributed by atoms with Gasteiger partial charge in [0.25, 0.3) is 11.5 Å². The van der Waals surface area contributed by atoms with E-state index in [1.54, 1.807) is 40.7 Å². The molecule has 0 aliphatic carbocycles. The molecular weight excluding hydrogens is 576 g/mol. The Balaban J connectivity index is 1.37. The van der Waals surface area contributed by atoms with Crippen LogP contribution in [0.3, 0.4) is 0 Å². The molecule has 0 spiro atoms. The minimum absolute atomic E-state index is 0.214. The summed E-state index contributed by atoms with van der Waals surface area (Å²) in [7, 11) is 0. The van der Waals surface area contributed by atoms with Crippen LogP contribution in [0.5, 0.6) is 0 Å². The highest BCUT2D eigenvalue weighted by molar-refractivity contribution is 6.01. The highest BCUT2D eigenvalue weighted by Gasteiger charge is 2.23. The van der Waals surface area contributed by atoms with E-state index in [0.717, 1.165) is 37.1 Å². The normalized spacial score (nSPS) is 11.9. The Labute approximate surface area is 267 Å². The Hall–Kier alpha value is -5.53. The van der Waals surface area contributed by atoms with Crippen LogP contribution in [0, 0.1) is 18.8 Å². The molecule has 0 unspecified atom stereocenters. The second-order valence-corrected chi connectivity index (χ2v) is 11.1. The van der Waals surface area contributed by atoms with Crippen LogP contribution in [0.15, 0.2) is 90.2 Å². The second-order valence-electron chi connectivity index (χ2n) is 11.1. The van der Waals surface area contributed by atoms with Gasteiger partial charge in [-0.25, -0.2) is 9.50 Å². The van der Waals surface area contributed by atoms with Gasteiger partial charge < -0.3 is 10.2 Å². The number of fused-ring (bicyclic) bond motifs is 2. The number of carbonyl (C=O) groups is 1. The molecule has 10 heteroatoms. The fraction of sp³-hybridized carbons (Fsp3) is 0.250. The number of amides is 1. The molecule has 0 bridgehead atoms. The van der Waals surface area contributed by atoms with Gasteiger partial charge in [-0.1, -0.05) is 56.0 Å². The van der Waals surface area contributed by atoms with Gasteiger partial charge in [-0.2, -0.15) is 10.2 Å². The van der Waals surface area contributed by atoms with E-state index in [1.165, 1.54) is 0 Å². The van der Waals surface area contributed by atoms with Crippen LogP contribution in [0.1, 0.15) is 59.7 Å². The van der Waals surface area contributed by atoms with Crippen LogP contribution in [0.2, 0.25) is 0 Å². The molecule has 1 N–H and O–H groups in total. The summed E-state index contributed by atoms with van der Waals surface area (Å²) in [6, 6.07) is 18.3. The van der Waals surface area contributed by atoms with E-state index < -0.39 is 6.04 Å². The van der Waals surface area contributed by atoms with E-state index in [2.05, 4.69) is 51.1 Å². The SMILES string of the molecule is CCN(CC)CCn1cc(C#Cc2cccc3cc([C@@H](C)NC(=O)c4c(C)nn5cccnc45)n(-c4ccccc4)c(=O)c23)cn1. The summed E-state index contributed by atoms with van der Waals surface area (Å²) in [4.78, 5) is 34.7. The molecule has 0 saturated carbocycles. The van der Waals surface area contributed by atoms with Crippen LogP contribution in [-0.4, -0.2) is 59.4 Å². The van der Waals surface area contributed by atoms with Gasteiger partial charge in [-0.15, -0.1) is 0 Å². The van der Waals surface area contributed by atoms with Gasteiger partial charge in [0.1, 0.15) is 5.56 Å². The van der Waals surface area contributed by atoms with E-state index in [9.17, 15) is 9.59 Å². The summed E-state index contributed by atoms with van der Waals surface area (Å²) >= 11 is 0. The van der Waals surface area contributed by atoms with Crippen molar-refractivity contribution in [2.45, 2.75) is 40.3 Å². The Morgan fingerprint density at radius 1 is 1.04 bits per heavy atom. The first-order chi connectivity index (χ1) is 22.4. The van der Waals surface area contributed by atoms with Crippen molar-refractivity contribution >= 4 is 22.3 Å². The first-order valence-corrected chi connectivity index (χ1v) is 15.5. The van der Waals surface area contributed by atoms with E-state index in [1.807, 2.05) is 72.4 Å². The molecule has 46 heavy (non-hydrogen) atoms. The molecule has 6 aromatic rings. The predicted octanol–water partition coefficient (Wildman–Crippen LogP) is 4.77. The number of rotatable bonds is 9. The zero-order valence-electron chi connectivity index (χ0n) is 26.4. The number of benzene rings is 2. The Morgan fingerprint density at radius 2 is 1.85 bits per heavy atom. The summed E-state index contributed by atoms with van der Waals surface area (Å²) in [6.07, 6.45) is 7.08. The number of nitrogens with one attached hydrogen (secondary N) is 1. The topological polar surface area (TPSA) is 102 Å². The molecule has 4 aromatic heterocycles. The minimum Gasteiger partial charge on any atom is -0.344 e. The Bertz CT molecular complexity index is 2150. The number of hydrogen-bond acceptors (Lipinski definition) is 6. The van der Waals surface area contributed by atoms with Gasteiger partial charge in [-0.05, 0) is 62.7 Å². The van der Waals surface area contributed by atoms with Crippen LogP contribution >= 0.6 is 0 Å². The largest absolute Gasteiger partial charge is 0.344 e. The van der Waals surface area contributed by atoms with Crippen molar-refractivity contribution in [3.63, 3.8) is 0 Å². The van der Waals surface area contributed by atoms with Gasteiger partial charge in [0.05, 0.1) is 35.4 Å². The van der Waals surface area contributed by atoms with Crippen molar-refractivity contribution in [2.24, 2.45) is 0 Å². The fourth-order valence-corrected chi connectivity index (χ4v) is 5.73. The maximum Gasteiger partial charge on any atom is 0.264 e. The predicted molar refractivity (Wildman–Crippen MR) is 179 cm³/mol. The molecule has 0 radical (unpaired) electrons. The minimum atomic E-state index is -0.528. The molecule has 6 rings (SSSR count). The fourth-order valence-electron chi connectivity index (χ4n) is 5.73. The lowest BCUT2D eigenvalue weighted by molar-refractivity contribution is 0.0939. The quantitative estimate of drug-likeness (QED) is 0.236. The number of carbonyl (C=O) groups excluding carboxylic acids is 1. The van der Waals surface area contributed by atoms with Crippen molar-refractivity contribution in [1.82, 2.24) is 39.2 Å². The van der Waals surface area contributed by atoms with Crippen LogP contribution in [-0.2, 0) is 6.54 Å². The highest BCUT2D eigenvalue weighted by Crippen LogP contribution is 2.24. The van der Waals surface area contributed by atoms with Gasteiger partial charge in [0.2, 0.25) is 0 Å². The van der Waals surface area contributed by atoms with Crippen molar-refractivity contribution in [1.29, 1.82) is 0 Å². The highest BCUT2D eigenvalue weighted by atomic mass is 16.2. The molecule has 1 atom stereocenters. The number of hydrogen-bond donors (Lipinski definition) is 1. The maximum absolute atomic E-state index is 14.4. The number of nitrogens with zero attached hydrogens (tertiary/aromatic N) is 7. The van der Waals surface area contributed by atoms with Crippen molar-refractivity contribution in [3.05, 3.63) is 124 Å².